The van der Waals surface area contributed by atoms with E-state index in [9.17, 15) is 0 Å². The molecule has 4 aromatic heterocycles. The number of fused-ring (bicyclic) bond motifs is 3. The van der Waals surface area contributed by atoms with Crippen LogP contribution in [0.15, 0.2) is 114 Å². The predicted molar refractivity (Wildman–Crippen MR) is 226 cm³/mol. The third kappa shape index (κ3) is 9.39. The van der Waals surface area contributed by atoms with Crippen LogP contribution in [0.1, 0.15) is 68.9 Å². The van der Waals surface area contributed by atoms with Crippen molar-refractivity contribution >= 4 is 39.7 Å². The average Bonchev–Trinajstić information content (AvgIpc) is 3.86. The van der Waals surface area contributed by atoms with E-state index in [0.717, 1.165) is 68.4 Å². The Kier molecular flexibility index (Phi) is 12.8. The maximum Gasteiger partial charge on any atom is 0.216 e. The molecule has 6 heteroatoms. The average molecular weight is 963 g/mol. The molecule has 4 heterocycles. The maximum absolute atomic E-state index is 6.29. The van der Waals surface area contributed by atoms with Gasteiger partial charge in [0.1, 0.15) is 0 Å². The Bertz CT molecular complexity index is 2320. The van der Waals surface area contributed by atoms with Gasteiger partial charge in [0.05, 0.1) is 11.3 Å². The van der Waals surface area contributed by atoms with Gasteiger partial charge < -0.3 is 9.40 Å². The Hall–Kier alpha value is -3.90. The molecule has 0 spiro atoms. The van der Waals surface area contributed by atoms with Gasteiger partial charge in [0, 0.05) is 37.3 Å². The minimum atomic E-state index is -1.89. The number of hydrogen-bond acceptors (Lipinski definition) is 4. The Morgan fingerprint density at radius 1 is 0.673 bits per heavy atom. The van der Waals surface area contributed by atoms with Gasteiger partial charge in [-0.15, -0.1) is 18.2 Å². The van der Waals surface area contributed by atoms with Gasteiger partial charge in [0.25, 0.3) is 0 Å². The van der Waals surface area contributed by atoms with E-state index in [4.69, 9.17) is 14.4 Å². The second-order valence-electron chi connectivity index (χ2n) is 16.5. The van der Waals surface area contributed by atoms with E-state index in [2.05, 4.69) is 101 Å². The van der Waals surface area contributed by atoms with E-state index in [1.165, 1.54) is 69.8 Å². The number of furan rings is 1. The van der Waals surface area contributed by atoms with Crippen LogP contribution in [-0.2, 0) is 32.9 Å². The SMILES string of the molecule is [CH3][Ge]([CH3])([CH3])[c]1cnc(-c2[c-]cccc2)cc1CC1CCCCC1.[Ir].[c-]1ccc2c(oc3nc(-c4ccccc4)ccc32)c1-c1cc(CC2CCCC2)ccn1. The monoisotopic (exact) mass is 964 g/mol. The summed E-state index contributed by atoms with van der Waals surface area (Å²) in [5.41, 5.74) is 10.4. The van der Waals surface area contributed by atoms with Gasteiger partial charge in [-0.3, -0.25) is 0 Å². The van der Waals surface area contributed by atoms with Crippen LogP contribution >= 0.6 is 0 Å². The first-order valence-corrected chi connectivity index (χ1v) is 27.4. The molecule has 3 aromatic carbocycles. The fraction of sp³-hybridized carbons (Fsp3) is 0.327. The molecule has 0 atom stereocenters. The molecule has 0 N–H and O–H groups in total. The normalized spacial score (nSPS) is 15.1. The zero-order chi connectivity index (χ0) is 36.9. The first-order valence-electron chi connectivity index (χ1n) is 20.1. The van der Waals surface area contributed by atoms with Crippen LogP contribution in [0.2, 0.25) is 17.3 Å². The van der Waals surface area contributed by atoms with Gasteiger partial charge in [-0.2, -0.15) is 0 Å². The van der Waals surface area contributed by atoms with Crippen molar-refractivity contribution < 1.29 is 24.5 Å². The summed E-state index contributed by atoms with van der Waals surface area (Å²) in [4.78, 5) is 14.2. The quantitative estimate of drug-likeness (QED) is 0.112. The number of pyridine rings is 3. The summed E-state index contributed by atoms with van der Waals surface area (Å²) in [6, 6.07) is 40.0. The maximum atomic E-state index is 6.29. The van der Waals surface area contributed by atoms with Crippen LogP contribution in [0, 0.1) is 24.0 Å². The molecule has 283 valence electrons. The molecule has 9 rings (SSSR count). The van der Waals surface area contributed by atoms with Crippen molar-refractivity contribution in [3.63, 3.8) is 0 Å². The number of benzene rings is 3. The number of hydrogen-bond donors (Lipinski definition) is 0. The van der Waals surface area contributed by atoms with E-state index in [1.807, 2.05) is 42.6 Å². The molecular formula is C49H51GeIrN3O-2. The summed E-state index contributed by atoms with van der Waals surface area (Å²) in [6.07, 6.45) is 19.0. The molecule has 0 saturated heterocycles. The van der Waals surface area contributed by atoms with Gasteiger partial charge in [-0.1, -0.05) is 78.6 Å². The molecule has 2 aliphatic carbocycles. The first-order chi connectivity index (χ1) is 26.4. The van der Waals surface area contributed by atoms with Crippen molar-refractivity contribution in [2.24, 2.45) is 11.8 Å². The zero-order valence-electron chi connectivity index (χ0n) is 32.4. The minimum Gasteiger partial charge on any atom is -0.486 e. The summed E-state index contributed by atoms with van der Waals surface area (Å²) < 4.78 is 7.88. The van der Waals surface area contributed by atoms with Gasteiger partial charge in [0.2, 0.25) is 5.71 Å². The first kappa shape index (κ1) is 39.3. The van der Waals surface area contributed by atoms with Gasteiger partial charge in [-0.25, -0.2) is 4.98 Å². The molecular weight excluding hydrogens is 911 g/mol. The van der Waals surface area contributed by atoms with Crippen LogP contribution in [0.25, 0.3) is 55.8 Å². The van der Waals surface area contributed by atoms with Gasteiger partial charge in [-0.05, 0) is 36.2 Å². The van der Waals surface area contributed by atoms with Crippen LogP contribution in [0.4, 0.5) is 0 Å². The summed E-state index contributed by atoms with van der Waals surface area (Å²) in [7, 11) is 0. The van der Waals surface area contributed by atoms with Crippen LogP contribution in [0.5, 0.6) is 0 Å². The molecule has 0 aliphatic heterocycles. The Balaban J connectivity index is 0.000000174. The fourth-order valence-corrected chi connectivity index (χ4v) is 11.9. The number of nitrogens with zero attached hydrogens (tertiary/aromatic N) is 3. The molecule has 4 nitrogen and oxygen atoms in total. The second-order valence-corrected chi connectivity index (χ2v) is 27.0. The van der Waals surface area contributed by atoms with E-state index in [1.54, 1.807) is 9.96 Å². The third-order valence-electron chi connectivity index (χ3n) is 11.5. The zero-order valence-corrected chi connectivity index (χ0v) is 36.9. The molecule has 7 aromatic rings. The molecule has 0 bridgehead atoms. The van der Waals surface area contributed by atoms with Crippen molar-refractivity contribution in [3.05, 3.63) is 133 Å². The third-order valence-corrected chi connectivity index (χ3v) is 15.8. The van der Waals surface area contributed by atoms with Crippen molar-refractivity contribution in [1.29, 1.82) is 0 Å². The van der Waals surface area contributed by atoms with E-state index in [-0.39, 0.29) is 20.1 Å². The van der Waals surface area contributed by atoms with Gasteiger partial charge in [0.15, 0.2) is 0 Å². The Morgan fingerprint density at radius 2 is 1.42 bits per heavy atom. The molecule has 1 radical (unpaired) electrons. The molecule has 0 amide bonds. The Morgan fingerprint density at radius 3 is 2.16 bits per heavy atom. The summed E-state index contributed by atoms with van der Waals surface area (Å²) in [6.45, 7) is 0. The molecule has 2 fully saturated rings. The molecule has 0 unspecified atom stereocenters. The van der Waals surface area contributed by atoms with Crippen LogP contribution < -0.4 is 4.40 Å². The minimum absolute atomic E-state index is 0. The summed E-state index contributed by atoms with van der Waals surface area (Å²) >= 11 is -1.89. The molecule has 2 aliphatic rings. The van der Waals surface area contributed by atoms with Crippen LogP contribution in [-0.4, -0.2) is 28.2 Å². The van der Waals surface area contributed by atoms with Crippen molar-refractivity contribution in [2.45, 2.75) is 87.9 Å². The van der Waals surface area contributed by atoms with E-state index >= 15 is 0 Å². The number of rotatable bonds is 8. The van der Waals surface area contributed by atoms with Gasteiger partial charge >= 0.3 is 144 Å². The largest absolute Gasteiger partial charge is 0.486 e. The van der Waals surface area contributed by atoms with E-state index < -0.39 is 13.3 Å². The smallest absolute Gasteiger partial charge is 0.216 e. The van der Waals surface area contributed by atoms with Crippen molar-refractivity contribution in [2.75, 3.05) is 0 Å². The summed E-state index contributed by atoms with van der Waals surface area (Å²) in [5.74, 6) is 9.13. The number of aromatic nitrogens is 3. The molecule has 2 saturated carbocycles. The van der Waals surface area contributed by atoms with Crippen LogP contribution in [0.3, 0.4) is 0 Å². The summed E-state index contributed by atoms with van der Waals surface area (Å²) in [5, 5.41) is 2.07. The predicted octanol–water partition coefficient (Wildman–Crippen LogP) is 12.5. The van der Waals surface area contributed by atoms with E-state index in [0.29, 0.717) is 5.71 Å². The Labute approximate surface area is 343 Å². The second kappa shape index (κ2) is 17.9. The van der Waals surface area contributed by atoms with Crippen molar-refractivity contribution in [3.8, 4) is 33.8 Å². The topological polar surface area (TPSA) is 51.8 Å². The van der Waals surface area contributed by atoms with Crippen molar-refractivity contribution in [1.82, 2.24) is 15.0 Å². The fourth-order valence-electron chi connectivity index (χ4n) is 8.61. The molecule has 55 heavy (non-hydrogen) atoms. The standard InChI is InChI=1S/C28H23N2O.C21H28GeN.Ir/c1-2-9-21(10-3-1)25-14-13-23-22-11-6-12-24(27(22)31-28(23)30-25)26-18-20(15-16-29-26)17-19-7-4-5-8-19;1-22(2,3)20-16-23-21(18-12-8-5-9-13-18)15-19(20)14-17-10-6-4-7-11-17;/h1-3,6,9-11,13-16,18-19H,4-5,7-8,17H2;5,8-9,12,15-17H,4,6-7,10-11,14H2,1-3H3;/q2*-1;.